The van der Waals surface area contributed by atoms with Gasteiger partial charge in [0.1, 0.15) is 6.33 Å². The molecular weight excluding hydrogens is 388 g/mol. The van der Waals surface area contributed by atoms with Crippen LogP contribution in [0.3, 0.4) is 0 Å². The Balaban J connectivity index is 1.37. The zero-order valence-corrected chi connectivity index (χ0v) is 15.6. The third-order valence-corrected chi connectivity index (χ3v) is 5.63. The molecule has 0 bridgehead atoms. The first kappa shape index (κ1) is 17.6. The number of hydrogen-bond donors (Lipinski definition) is 1. The van der Waals surface area contributed by atoms with Crippen molar-refractivity contribution < 1.29 is 9.72 Å². The summed E-state index contributed by atoms with van der Waals surface area (Å²) in [6, 6.07) is 6.70. The van der Waals surface area contributed by atoms with Gasteiger partial charge in [-0.05, 0) is 12.8 Å². The highest BCUT2D eigenvalue weighted by Gasteiger charge is 2.26. The van der Waals surface area contributed by atoms with E-state index in [1.165, 1.54) is 35.2 Å². The SMILES string of the molecule is O=C(CSc1nncn1C1CC1)Nc1nc(-c2cccc([N+](=O)[O-])c2)cs1. The second kappa shape index (κ2) is 7.45. The number of nitrogens with one attached hydrogen (secondary N) is 1. The molecule has 0 radical (unpaired) electrons. The van der Waals surface area contributed by atoms with E-state index >= 15 is 0 Å². The summed E-state index contributed by atoms with van der Waals surface area (Å²) in [5.41, 5.74) is 1.22. The third kappa shape index (κ3) is 4.14. The lowest BCUT2D eigenvalue weighted by molar-refractivity contribution is -0.384. The van der Waals surface area contributed by atoms with Gasteiger partial charge in [-0.25, -0.2) is 4.98 Å². The fourth-order valence-electron chi connectivity index (χ4n) is 2.47. The van der Waals surface area contributed by atoms with E-state index in [1.54, 1.807) is 23.8 Å². The highest BCUT2D eigenvalue weighted by atomic mass is 32.2. The molecule has 9 nitrogen and oxygen atoms in total. The lowest BCUT2D eigenvalue weighted by atomic mass is 10.1. The Morgan fingerprint density at radius 1 is 1.44 bits per heavy atom. The Bertz CT molecular complexity index is 997. The lowest BCUT2D eigenvalue weighted by Gasteiger charge is -2.04. The van der Waals surface area contributed by atoms with E-state index in [-0.39, 0.29) is 17.3 Å². The average molecular weight is 402 g/mol. The maximum Gasteiger partial charge on any atom is 0.270 e. The number of nitro benzene ring substituents is 1. The molecule has 138 valence electrons. The molecule has 0 atom stereocenters. The number of non-ortho nitro benzene ring substituents is 1. The first-order valence-corrected chi connectivity index (χ1v) is 9.99. The summed E-state index contributed by atoms with van der Waals surface area (Å²) >= 11 is 2.61. The largest absolute Gasteiger partial charge is 0.306 e. The Kier molecular flexibility index (Phi) is 4.86. The van der Waals surface area contributed by atoms with E-state index in [4.69, 9.17) is 0 Å². The molecule has 2 heterocycles. The number of carbonyl (C=O) groups is 1. The third-order valence-electron chi connectivity index (χ3n) is 3.92. The maximum absolute atomic E-state index is 12.2. The molecular formula is C16H14N6O3S2. The van der Waals surface area contributed by atoms with Gasteiger partial charge in [-0.1, -0.05) is 23.9 Å². The van der Waals surface area contributed by atoms with Crippen LogP contribution in [0, 0.1) is 10.1 Å². The average Bonchev–Trinajstić information content (AvgIpc) is 3.22. The van der Waals surface area contributed by atoms with Crippen molar-refractivity contribution in [3.8, 4) is 11.3 Å². The summed E-state index contributed by atoms with van der Waals surface area (Å²) in [7, 11) is 0. The Hall–Kier alpha value is -2.79. The molecule has 0 aliphatic heterocycles. The minimum absolute atomic E-state index is 0.00209. The van der Waals surface area contributed by atoms with Crippen LogP contribution in [-0.2, 0) is 4.79 Å². The smallest absolute Gasteiger partial charge is 0.270 e. The fraction of sp³-hybridized carbons (Fsp3) is 0.250. The number of nitrogens with zero attached hydrogens (tertiary/aromatic N) is 5. The van der Waals surface area contributed by atoms with E-state index < -0.39 is 4.92 Å². The summed E-state index contributed by atoms with van der Waals surface area (Å²) in [5, 5.41) is 24.5. The van der Waals surface area contributed by atoms with Gasteiger partial charge in [0.25, 0.3) is 5.69 Å². The monoisotopic (exact) mass is 402 g/mol. The second-order valence-corrected chi connectivity index (χ2v) is 7.73. The molecule has 1 fully saturated rings. The van der Waals surface area contributed by atoms with Crippen LogP contribution in [0.4, 0.5) is 10.8 Å². The Morgan fingerprint density at radius 3 is 3.07 bits per heavy atom. The summed E-state index contributed by atoms with van der Waals surface area (Å²) in [6.07, 6.45) is 3.94. The molecule has 27 heavy (non-hydrogen) atoms. The van der Waals surface area contributed by atoms with E-state index in [2.05, 4.69) is 20.5 Å². The Morgan fingerprint density at radius 2 is 2.30 bits per heavy atom. The number of thiazole rings is 1. The van der Waals surface area contributed by atoms with Gasteiger partial charge >= 0.3 is 0 Å². The van der Waals surface area contributed by atoms with Gasteiger partial charge in [0.15, 0.2) is 10.3 Å². The summed E-state index contributed by atoms with van der Waals surface area (Å²) in [5.74, 6) is 0.0159. The fourth-order valence-corrected chi connectivity index (χ4v) is 3.98. The number of nitro groups is 1. The molecule has 1 amide bonds. The van der Waals surface area contributed by atoms with Crippen LogP contribution < -0.4 is 5.32 Å². The molecule has 0 saturated heterocycles. The van der Waals surface area contributed by atoms with Crippen LogP contribution in [0.25, 0.3) is 11.3 Å². The molecule has 1 aliphatic carbocycles. The highest BCUT2D eigenvalue weighted by Crippen LogP contribution is 2.37. The standard InChI is InChI=1S/C16H14N6O3S2/c23-14(8-27-16-20-17-9-21(16)11-4-5-11)19-15-18-13(7-26-15)10-2-1-3-12(6-10)22(24)25/h1-3,6-7,9,11H,4-5,8H2,(H,18,19,23). The number of anilines is 1. The topological polar surface area (TPSA) is 116 Å². The zero-order chi connectivity index (χ0) is 18.8. The van der Waals surface area contributed by atoms with Gasteiger partial charge in [-0.2, -0.15) is 0 Å². The van der Waals surface area contributed by atoms with E-state index in [0.29, 0.717) is 22.4 Å². The van der Waals surface area contributed by atoms with Gasteiger partial charge in [0, 0.05) is 29.1 Å². The number of amides is 1. The van der Waals surface area contributed by atoms with Crippen LogP contribution in [0.2, 0.25) is 0 Å². The van der Waals surface area contributed by atoms with Crippen LogP contribution in [-0.4, -0.2) is 36.3 Å². The molecule has 4 rings (SSSR count). The number of aromatic nitrogens is 4. The van der Waals surface area contributed by atoms with Crippen LogP contribution in [0.15, 0.2) is 41.1 Å². The molecule has 1 N–H and O–H groups in total. The van der Waals surface area contributed by atoms with Gasteiger partial charge < -0.3 is 9.88 Å². The van der Waals surface area contributed by atoms with Crippen LogP contribution in [0.1, 0.15) is 18.9 Å². The van der Waals surface area contributed by atoms with Gasteiger partial charge in [0.2, 0.25) is 5.91 Å². The predicted molar refractivity (Wildman–Crippen MR) is 102 cm³/mol. The normalized spacial score (nSPS) is 13.5. The number of hydrogen-bond acceptors (Lipinski definition) is 8. The number of carbonyl (C=O) groups excluding carboxylic acids is 1. The predicted octanol–water partition coefficient (Wildman–Crippen LogP) is 3.38. The molecule has 0 spiro atoms. The van der Waals surface area contributed by atoms with Crippen molar-refractivity contribution in [2.24, 2.45) is 0 Å². The van der Waals surface area contributed by atoms with Crippen molar-refractivity contribution in [3.05, 3.63) is 46.1 Å². The van der Waals surface area contributed by atoms with E-state index in [1.807, 2.05) is 4.57 Å². The number of benzene rings is 1. The first-order chi connectivity index (χ1) is 13.1. The van der Waals surface area contributed by atoms with Crippen LogP contribution >= 0.6 is 23.1 Å². The first-order valence-electron chi connectivity index (χ1n) is 8.12. The summed E-state index contributed by atoms with van der Waals surface area (Å²) in [6.45, 7) is 0. The molecule has 1 aromatic carbocycles. The summed E-state index contributed by atoms with van der Waals surface area (Å²) in [4.78, 5) is 27.0. The molecule has 1 aliphatic rings. The van der Waals surface area contributed by atoms with Crippen molar-refractivity contribution >= 4 is 39.8 Å². The molecule has 0 unspecified atom stereocenters. The maximum atomic E-state index is 12.2. The van der Waals surface area contributed by atoms with Crippen LogP contribution in [0.5, 0.6) is 0 Å². The quantitative estimate of drug-likeness (QED) is 0.366. The number of rotatable bonds is 7. The van der Waals surface area contributed by atoms with Crippen molar-refractivity contribution in [3.63, 3.8) is 0 Å². The molecule has 11 heteroatoms. The molecule has 3 aromatic rings. The van der Waals surface area contributed by atoms with Crippen molar-refractivity contribution in [2.75, 3.05) is 11.1 Å². The number of thioether (sulfide) groups is 1. The second-order valence-electron chi connectivity index (χ2n) is 5.93. The van der Waals surface area contributed by atoms with Gasteiger partial charge in [-0.3, -0.25) is 14.9 Å². The van der Waals surface area contributed by atoms with Gasteiger partial charge in [-0.15, -0.1) is 21.5 Å². The minimum Gasteiger partial charge on any atom is -0.306 e. The van der Waals surface area contributed by atoms with Crippen molar-refractivity contribution in [1.29, 1.82) is 0 Å². The van der Waals surface area contributed by atoms with Crippen molar-refractivity contribution in [2.45, 2.75) is 24.0 Å². The van der Waals surface area contributed by atoms with E-state index in [9.17, 15) is 14.9 Å². The highest BCUT2D eigenvalue weighted by molar-refractivity contribution is 7.99. The zero-order valence-electron chi connectivity index (χ0n) is 13.9. The minimum atomic E-state index is -0.448. The molecule has 2 aromatic heterocycles. The van der Waals surface area contributed by atoms with E-state index in [0.717, 1.165) is 18.0 Å². The van der Waals surface area contributed by atoms with Gasteiger partial charge in [0.05, 0.1) is 16.4 Å². The lowest BCUT2D eigenvalue weighted by Crippen LogP contribution is -2.14. The Labute approximate surface area is 162 Å². The molecule has 1 saturated carbocycles. The summed E-state index contributed by atoms with van der Waals surface area (Å²) < 4.78 is 2.00. The van der Waals surface area contributed by atoms with Crippen molar-refractivity contribution in [1.82, 2.24) is 19.7 Å².